The highest BCUT2D eigenvalue weighted by Gasteiger charge is 2.46. The summed E-state index contributed by atoms with van der Waals surface area (Å²) in [4.78, 5) is 27.3. The Morgan fingerprint density at radius 2 is 1.68 bits per heavy atom. The highest BCUT2D eigenvalue weighted by atomic mass is 32.2. The van der Waals surface area contributed by atoms with Crippen LogP contribution in [0.1, 0.15) is 0 Å². The minimum Gasteiger partial charge on any atom is -0.307 e. The highest BCUT2D eigenvalue weighted by Crippen LogP contribution is 2.30. The molecule has 0 saturated carbocycles. The van der Waals surface area contributed by atoms with Crippen LogP contribution in [0.5, 0.6) is 0 Å². The van der Waals surface area contributed by atoms with E-state index in [9.17, 15) is 31.2 Å². The van der Waals surface area contributed by atoms with E-state index in [0.717, 1.165) is 23.1 Å². The van der Waals surface area contributed by atoms with E-state index >= 15 is 0 Å². The Labute approximate surface area is 155 Å². The molecule has 8 nitrogen and oxygen atoms in total. The van der Waals surface area contributed by atoms with E-state index in [2.05, 4.69) is 15.7 Å². The van der Waals surface area contributed by atoms with Crippen LogP contribution in [-0.2, 0) is 9.84 Å². The monoisotopic (exact) mass is 412 g/mol. The van der Waals surface area contributed by atoms with Crippen molar-refractivity contribution < 1.29 is 26.4 Å². The number of hydrogen-bond donors (Lipinski definition) is 2. The number of halogens is 3. The summed E-state index contributed by atoms with van der Waals surface area (Å²) in [5.74, 6) is 0. The molecule has 0 aliphatic heterocycles. The van der Waals surface area contributed by atoms with Crippen molar-refractivity contribution in [3.05, 3.63) is 65.2 Å². The second kappa shape index (κ2) is 6.96. The summed E-state index contributed by atoms with van der Waals surface area (Å²) >= 11 is 0. The number of amides is 2. The molecule has 0 fully saturated rings. The van der Waals surface area contributed by atoms with Crippen molar-refractivity contribution in [1.29, 1.82) is 0 Å². The summed E-state index contributed by atoms with van der Waals surface area (Å²) in [6.07, 6.45) is 1.10. The Morgan fingerprint density at radius 3 is 2.32 bits per heavy atom. The van der Waals surface area contributed by atoms with Gasteiger partial charge in [-0.05, 0) is 36.4 Å². The number of urea groups is 1. The molecule has 28 heavy (non-hydrogen) atoms. The number of nitrogens with zero attached hydrogens (tertiary/aromatic N) is 2. The molecule has 1 heterocycles. The summed E-state index contributed by atoms with van der Waals surface area (Å²) in [7, 11) is -5.48. The molecule has 0 bridgehead atoms. The van der Waals surface area contributed by atoms with E-state index in [0.29, 0.717) is 17.6 Å². The first-order valence-corrected chi connectivity index (χ1v) is 9.04. The Morgan fingerprint density at radius 1 is 1.04 bits per heavy atom. The fourth-order valence-corrected chi connectivity index (χ4v) is 3.03. The number of benzene rings is 2. The number of alkyl halides is 3. The van der Waals surface area contributed by atoms with Crippen LogP contribution in [-0.4, -0.2) is 29.6 Å². The van der Waals surface area contributed by atoms with Crippen molar-refractivity contribution in [3.8, 4) is 0 Å². The van der Waals surface area contributed by atoms with Gasteiger partial charge in [-0.3, -0.25) is 4.79 Å². The van der Waals surface area contributed by atoms with Gasteiger partial charge < -0.3 is 5.32 Å². The van der Waals surface area contributed by atoms with Gasteiger partial charge in [0.25, 0.3) is 15.4 Å². The molecule has 2 aromatic carbocycles. The fourth-order valence-electron chi connectivity index (χ4n) is 2.27. The number of anilines is 1. The summed E-state index contributed by atoms with van der Waals surface area (Å²) in [5.41, 5.74) is -3.30. The zero-order chi connectivity index (χ0) is 20.5. The second-order valence-corrected chi connectivity index (χ2v) is 7.42. The number of nitrogens with one attached hydrogen (secondary N) is 2. The van der Waals surface area contributed by atoms with Crippen LogP contribution in [0.15, 0.2) is 64.5 Å². The van der Waals surface area contributed by atoms with Gasteiger partial charge in [-0.1, -0.05) is 12.1 Å². The van der Waals surface area contributed by atoms with Crippen molar-refractivity contribution in [2.75, 3.05) is 10.7 Å². The van der Waals surface area contributed by atoms with E-state index in [-0.39, 0.29) is 11.1 Å². The van der Waals surface area contributed by atoms with E-state index in [4.69, 9.17) is 0 Å². The number of para-hydroxylation sites is 1. The number of aromatic nitrogens is 2. The predicted octanol–water partition coefficient (Wildman–Crippen LogP) is 2.47. The van der Waals surface area contributed by atoms with Crippen LogP contribution >= 0.6 is 0 Å². The number of hydrogen-bond acceptors (Lipinski definition) is 5. The summed E-state index contributed by atoms with van der Waals surface area (Å²) in [5, 5.41) is 2.54. The molecule has 3 aromatic rings. The normalized spacial score (nSPS) is 12.0. The zero-order valence-electron chi connectivity index (χ0n) is 13.8. The number of fused-ring (bicyclic) bond motifs is 1. The fraction of sp³-hybridized carbons (Fsp3) is 0.0625. The third-order valence-corrected chi connectivity index (χ3v) is 5.12. The molecular weight excluding hydrogens is 401 g/mol. The lowest BCUT2D eigenvalue weighted by atomic mass is 10.2. The molecule has 0 aliphatic rings. The Balaban J connectivity index is 1.76. The third-order valence-electron chi connectivity index (χ3n) is 3.61. The molecule has 2 amide bonds. The standard InChI is InChI=1S/C16H11F3N4O4S/c17-16(18,19)28(26,27)11-7-5-10(6-8-11)21-15(25)22-23-9-20-13-4-2-1-3-12(13)14(23)24/h1-9H,(H2,21,22,25). The quantitative estimate of drug-likeness (QED) is 0.687. The SMILES string of the molecule is O=C(Nc1ccc(S(=O)(=O)C(F)(F)F)cc1)Nn1cnc2ccccc2c1=O. The van der Waals surface area contributed by atoms with Crippen molar-refractivity contribution in [3.63, 3.8) is 0 Å². The largest absolute Gasteiger partial charge is 0.501 e. The smallest absolute Gasteiger partial charge is 0.307 e. The zero-order valence-corrected chi connectivity index (χ0v) is 14.6. The molecule has 0 atom stereocenters. The number of sulfone groups is 1. The lowest BCUT2D eigenvalue weighted by Crippen LogP contribution is -2.35. The minimum absolute atomic E-state index is 0.0143. The number of carbonyl (C=O) groups is 1. The molecule has 146 valence electrons. The maximum absolute atomic E-state index is 12.5. The van der Waals surface area contributed by atoms with E-state index < -0.39 is 31.8 Å². The van der Waals surface area contributed by atoms with Gasteiger partial charge in [0.15, 0.2) is 0 Å². The first-order valence-electron chi connectivity index (χ1n) is 7.55. The Kier molecular flexibility index (Phi) is 4.81. The second-order valence-electron chi connectivity index (χ2n) is 5.48. The number of rotatable bonds is 3. The molecule has 0 saturated heterocycles. The van der Waals surface area contributed by atoms with E-state index in [1.807, 2.05) is 0 Å². The topological polar surface area (TPSA) is 110 Å². The van der Waals surface area contributed by atoms with Crippen molar-refractivity contribution in [2.24, 2.45) is 0 Å². The Bertz CT molecular complexity index is 1210. The maximum Gasteiger partial charge on any atom is 0.501 e. The molecular formula is C16H11F3N4O4S. The van der Waals surface area contributed by atoms with Gasteiger partial charge in [0.05, 0.1) is 15.8 Å². The van der Waals surface area contributed by atoms with Gasteiger partial charge >= 0.3 is 11.5 Å². The molecule has 0 radical (unpaired) electrons. The van der Waals surface area contributed by atoms with Gasteiger partial charge in [-0.25, -0.2) is 28.3 Å². The predicted molar refractivity (Wildman–Crippen MR) is 94.1 cm³/mol. The van der Waals surface area contributed by atoms with Gasteiger partial charge in [0.2, 0.25) is 0 Å². The lowest BCUT2D eigenvalue weighted by molar-refractivity contribution is -0.0436. The average Bonchev–Trinajstić information content (AvgIpc) is 2.64. The maximum atomic E-state index is 12.5. The highest BCUT2D eigenvalue weighted by molar-refractivity contribution is 7.92. The van der Waals surface area contributed by atoms with Crippen molar-refractivity contribution in [2.45, 2.75) is 10.4 Å². The van der Waals surface area contributed by atoms with Crippen molar-refractivity contribution >= 4 is 32.5 Å². The Hall–Kier alpha value is -3.41. The van der Waals surface area contributed by atoms with Crippen LogP contribution in [0.2, 0.25) is 0 Å². The van der Waals surface area contributed by atoms with E-state index in [1.165, 1.54) is 6.07 Å². The summed E-state index contributed by atoms with van der Waals surface area (Å²) in [6.45, 7) is 0. The van der Waals surface area contributed by atoms with Crippen LogP contribution < -0.4 is 16.3 Å². The first-order chi connectivity index (χ1) is 13.1. The molecule has 0 spiro atoms. The minimum atomic E-state index is -5.48. The van der Waals surface area contributed by atoms with Crippen LogP contribution in [0.3, 0.4) is 0 Å². The molecule has 3 rings (SSSR count). The lowest BCUT2D eigenvalue weighted by Gasteiger charge is -2.11. The van der Waals surface area contributed by atoms with Crippen LogP contribution in [0, 0.1) is 0 Å². The van der Waals surface area contributed by atoms with Crippen molar-refractivity contribution in [1.82, 2.24) is 9.66 Å². The number of carbonyl (C=O) groups excluding carboxylic acids is 1. The van der Waals surface area contributed by atoms with Gasteiger partial charge in [0.1, 0.15) is 6.33 Å². The first kappa shape index (κ1) is 19.4. The van der Waals surface area contributed by atoms with Crippen LogP contribution in [0.4, 0.5) is 23.7 Å². The molecule has 0 aliphatic carbocycles. The molecule has 2 N–H and O–H groups in total. The van der Waals surface area contributed by atoms with Gasteiger partial charge in [0, 0.05) is 5.69 Å². The molecule has 0 unspecified atom stereocenters. The molecule has 12 heteroatoms. The average molecular weight is 412 g/mol. The van der Waals surface area contributed by atoms with Crippen LogP contribution in [0.25, 0.3) is 10.9 Å². The van der Waals surface area contributed by atoms with Gasteiger partial charge in [-0.15, -0.1) is 0 Å². The summed E-state index contributed by atoms with van der Waals surface area (Å²) < 4.78 is 61.0. The van der Waals surface area contributed by atoms with Gasteiger partial charge in [-0.2, -0.15) is 13.2 Å². The summed E-state index contributed by atoms with van der Waals surface area (Å²) in [6, 6.07) is 8.99. The molecule has 1 aromatic heterocycles. The van der Waals surface area contributed by atoms with E-state index in [1.54, 1.807) is 18.2 Å². The third kappa shape index (κ3) is 3.67.